The Bertz CT molecular complexity index is 671. The minimum absolute atomic E-state index is 0.120. The molecule has 2 N–H and O–H groups in total. The van der Waals surface area contributed by atoms with Gasteiger partial charge in [0.1, 0.15) is 5.17 Å². The van der Waals surface area contributed by atoms with Gasteiger partial charge in [-0.2, -0.15) is 13.2 Å². The first-order valence-electron chi connectivity index (χ1n) is 7.95. The molecule has 7 nitrogen and oxygen atoms in total. The molecule has 0 radical (unpaired) electrons. The van der Waals surface area contributed by atoms with Gasteiger partial charge in [-0.15, -0.1) is 0 Å². The van der Waals surface area contributed by atoms with Crippen molar-refractivity contribution in [3.63, 3.8) is 0 Å². The van der Waals surface area contributed by atoms with Crippen molar-refractivity contribution < 1.29 is 32.3 Å². The second-order valence-electron chi connectivity index (χ2n) is 5.15. The number of rotatable bonds is 8. The summed E-state index contributed by atoms with van der Waals surface area (Å²) in [5.41, 5.74) is -3.67. The summed E-state index contributed by atoms with van der Waals surface area (Å²) in [6.45, 7) is 2.64. The smallest absolute Gasteiger partial charge is 0.461 e. The average Bonchev–Trinajstić information content (AvgIpc) is 2.58. The molecule has 0 heterocycles. The average molecular weight is 410 g/mol. The topological polar surface area (TPSA) is 89.0 Å². The molecule has 27 heavy (non-hydrogen) atoms. The molecule has 0 saturated heterocycles. The molecule has 1 atom stereocenters. The number of benzene rings is 1. The maximum Gasteiger partial charge on any atom is 0.463 e. The number of oxime groups is 1. The summed E-state index contributed by atoms with van der Waals surface area (Å²) in [7, 11) is 0. The molecule has 0 aliphatic heterocycles. The van der Waals surface area contributed by atoms with Crippen LogP contribution >= 0.6 is 11.6 Å². The first-order valence-corrected chi connectivity index (χ1v) is 8.32. The van der Waals surface area contributed by atoms with E-state index in [0.717, 1.165) is 0 Å². The summed E-state index contributed by atoms with van der Waals surface area (Å²) in [6, 6.07) is 6.29. The number of ether oxygens (including phenoxy) is 1. The van der Waals surface area contributed by atoms with Gasteiger partial charge in [0.05, 0.1) is 6.61 Å². The van der Waals surface area contributed by atoms with Crippen LogP contribution in [0, 0.1) is 0 Å². The third kappa shape index (κ3) is 6.31. The Labute approximate surface area is 158 Å². The predicted molar refractivity (Wildman–Crippen MR) is 93.3 cm³/mol. The van der Waals surface area contributed by atoms with Gasteiger partial charge in [0, 0.05) is 12.1 Å². The van der Waals surface area contributed by atoms with Crippen LogP contribution in [0.3, 0.4) is 0 Å². The SMILES string of the molecule is CCCC(Cl)=NOC(NC(=O)Nc1ccccc1)(C(=O)OCC)C(F)(F)F. The van der Waals surface area contributed by atoms with Crippen LogP contribution in [0.25, 0.3) is 0 Å². The summed E-state index contributed by atoms with van der Waals surface area (Å²) in [5, 5.41) is 6.45. The molecule has 0 aromatic heterocycles. The maximum absolute atomic E-state index is 13.7. The molecule has 0 spiro atoms. The van der Waals surface area contributed by atoms with Crippen molar-refractivity contribution in [3.05, 3.63) is 30.3 Å². The summed E-state index contributed by atoms with van der Waals surface area (Å²) < 4.78 is 45.5. The van der Waals surface area contributed by atoms with Crippen LogP contribution in [0.1, 0.15) is 26.7 Å². The standard InChI is InChI=1S/C16H19ClF3N3O4/c1-3-8-12(17)23-27-15(16(18,19)20,13(24)26-4-2)22-14(25)21-11-9-6-5-7-10-11/h5-7,9-10H,3-4,8H2,1-2H3,(H2,21,22,25). The zero-order chi connectivity index (χ0) is 20.5. The monoisotopic (exact) mass is 409 g/mol. The Hall–Kier alpha value is -2.49. The van der Waals surface area contributed by atoms with Crippen molar-refractivity contribution in [3.8, 4) is 0 Å². The lowest BCUT2D eigenvalue weighted by Crippen LogP contribution is -2.66. The highest BCUT2D eigenvalue weighted by molar-refractivity contribution is 6.65. The summed E-state index contributed by atoms with van der Waals surface area (Å²) >= 11 is 5.66. The number of nitrogens with zero attached hydrogens (tertiary/aromatic N) is 1. The van der Waals surface area contributed by atoms with Gasteiger partial charge in [0.25, 0.3) is 0 Å². The number of amides is 2. The molecular weight excluding hydrogens is 391 g/mol. The lowest BCUT2D eigenvalue weighted by molar-refractivity contribution is -0.284. The number of anilines is 1. The van der Waals surface area contributed by atoms with E-state index in [4.69, 9.17) is 11.6 Å². The zero-order valence-corrected chi connectivity index (χ0v) is 15.4. The van der Waals surface area contributed by atoms with Crippen molar-refractivity contribution in [1.29, 1.82) is 0 Å². The van der Waals surface area contributed by atoms with Crippen molar-refractivity contribution in [2.75, 3.05) is 11.9 Å². The molecule has 11 heteroatoms. The van der Waals surface area contributed by atoms with Crippen molar-refractivity contribution >= 4 is 34.5 Å². The molecular formula is C16H19ClF3N3O4. The van der Waals surface area contributed by atoms with Crippen LogP contribution in [0.2, 0.25) is 0 Å². The van der Waals surface area contributed by atoms with E-state index >= 15 is 0 Å². The number of alkyl halides is 3. The van der Waals surface area contributed by atoms with Gasteiger partial charge in [-0.25, -0.2) is 9.59 Å². The number of esters is 1. The van der Waals surface area contributed by atoms with E-state index < -0.39 is 23.9 Å². The van der Waals surface area contributed by atoms with Gasteiger partial charge in [-0.3, -0.25) is 5.32 Å². The molecule has 2 amide bonds. The van der Waals surface area contributed by atoms with E-state index in [0.29, 0.717) is 6.42 Å². The number of nitrogens with one attached hydrogen (secondary N) is 2. The Morgan fingerprint density at radius 3 is 2.33 bits per heavy atom. The van der Waals surface area contributed by atoms with Crippen LogP contribution in [0.15, 0.2) is 35.5 Å². The van der Waals surface area contributed by atoms with Crippen LogP contribution in [0.4, 0.5) is 23.7 Å². The van der Waals surface area contributed by atoms with Crippen LogP contribution < -0.4 is 10.6 Å². The lowest BCUT2D eigenvalue weighted by atomic mass is 10.2. The lowest BCUT2D eigenvalue weighted by Gasteiger charge is -2.31. The highest BCUT2D eigenvalue weighted by atomic mass is 35.5. The highest BCUT2D eigenvalue weighted by Gasteiger charge is 2.67. The van der Waals surface area contributed by atoms with E-state index in [1.807, 2.05) is 0 Å². The van der Waals surface area contributed by atoms with E-state index in [1.165, 1.54) is 24.4 Å². The first-order chi connectivity index (χ1) is 12.7. The van der Waals surface area contributed by atoms with Crippen LogP contribution in [0.5, 0.6) is 0 Å². The molecule has 1 aromatic carbocycles. The van der Waals surface area contributed by atoms with Crippen molar-refractivity contribution in [1.82, 2.24) is 5.32 Å². The van der Waals surface area contributed by atoms with Crippen molar-refractivity contribution in [2.45, 2.75) is 38.6 Å². The number of para-hydroxylation sites is 1. The van der Waals surface area contributed by atoms with Gasteiger partial charge < -0.3 is 14.9 Å². The fraction of sp³-hybridized carbons (Fsp3) is 0.438. The molecule has 1 unspecified atom stereocenters. The normalized spacial score (nSPS) is 14.1. The number of hydrogen-bond acceptors (Lipinski definition) is 5. The largest absolute Gasteiger partial charge is 0.463 e. The molecule has 0 aliphatic rings. The summed E-state index contributed by atoms with van der Waals surface area (Å²) in [4.78, 5) is 28.5. The minimum atomic E-state index is -5.39. The molecule has 0 fully saturated rings. The number of halogens is 4. The molecule has 150 valence electrons. The maximum atomic E-state index is 13.7. The van der Waals surface area contributed by atoms with Gasteiger partial charge >= 0.3 is 23.9 Å². The number of carbonyl (C=O) groups is 2. The number of urea groups is 1. The second kappa shape index (κ2) is 10.0. The predicted octanol–water partition coefficient (Wildman–Crippen LogP) is 4.00. The third-order valence-corrected chi connectivity index (χ3v) is 3.28. The summed E-state index contributed by atoms with van der Waals surface area (Å²) in [6.07, 6.45) is -4.79. The second-order valence-corrected chi connectivity index (χ2v) is 5.59. The van der Waals surface area contributed by atoms with Crippen LogP contribution in [-0.2, 0) is 14.4 Å². The fourth-order valence-corrected chi connectivity index (χ4v) is 2.02. The van der Waals surface area contributed by atoms with Gasteiger partial charge in [-0.1, -0.05) is 41.9 Å². The quantitative estimate of drug-likeness (QED) is 0.294. The third-order valence-electron chi connectivity index (χ3n) is 3.02. The van der Waals surface area contributed by atoms with E-state index in [1.54, 1.807) is 25.1 Å². The van der Waals surface area contributed by atoms with Crippen LogP contribution in [-0.4, -0.2) is 35.7 Å². The fourth-order valence-electron chi connectivity index (χ4n) is 1.80. The molecule has 0 bridgehead atoms. The van der Waals surface area contributed by atoms with Gasteiger partial charge in [0.15, 0.2) is 0 Å². The summed E-state index contributed by atoms with van der Waals surface area (Å²) in [5.74, 6) is -1.88. The van der Waals surface area contributed by atoms with Crippen molar-refractivity contribution in [2.24, 2.45) is 5.16 Å². The molecule has 0 aliphatic carbocycles. The Kier molecular flexibility index (Phi) is 8.35. The Balaban J connectivity index is 3.18. The zero-order valence-electron chi connectivity index (χ0n) is 14.6. The van der Waals surface area contributed by atoms with E-state index in [2.05, 4.69) is 20.0 Å². The Morgan fingerprint density at radius 2 is 1.81 bits per heavy atom. The molecule has 1 aromatic rings. The Morgan fingerprint density at radius 1 is 1.19 bits per heavy atom. The molecule has 0 saturated carbocycles. The van der Waals surface area contributed by atoms with E-state index in [9.17, 15) is 22.8 Å². The first kappa shape index (κ1) is 22.6. The minimum Gasteiger partial charge on any atom is -0.461 e. The number of hydrogen-bond donors (Lipinski definition) is 2. The van der Waals surface area contributed by atoms with E-state index in [-0.39, 0.29) is 23.9 Å². The molecule has 1 rings (SSSR count). The highest BCUT2D eigenvalue weighted by Crippen LogP contribution is 2.33. The van der Waals surface area contributed by atoms with Gasteiger partial charge in [-0.05, 0) is 25.5 Å². The number of carbonyl (C=O) groups excluding carboxylic acids is 2. The van der Waals surface area contributed by atoms with Gasteiger partial charge in [0.2, 0.25) is 0 Å².